The Morgan fingerprint density at radius 1 is 1.36 bits per heavy atom. The molecule has 0 N–H and O–H groups in total. The van der Waals surface area contributed by atoms with Crippen LogP contribution in [0, 0.1) is 11.3 Å². The fourth-order valence-corrected chi connectivity index (χ4v) is 2.26. The molecule has 0 radical (unpaired) electrons. The summed E-state index contributed by atoms with van der Waals surface area (Å²) < 4.78 is 0. The second kappa shape index (κ2) is 6.50. The fourth-order valence-electron chi connectivity index (χ4n) is 1.21. The van der Waals surface area contributed by atoms with Gasteiger partial charge >= 0.3 is 0 Å². The number of rotatable bonds is 5. The van der Waals surface area contributed by atoms with Gasteiger partial charge in [0, 0.05) is 17.4 Å². The highest BCUT2D eigenvalue weighted by Gasteiger charge is 2.05. The molecule has 1 atom stereocenters. The molecule has 2 heteroatoms. The lowest BCUT2D eigenvalue weighted by Crippen LogP contribution is -1.99. The lowest BCUT2D eigenvalue weighted by Gasteiger charge is -2.09. The van der Waals surface area contributed by atoms with E-state index in [4.69, 9.17) is 5.26 Å². The third kappa shape index (κ3) is 3.85. The molecular formula is C12H15NS. The van der Waals surface area contributed by atoms with Crippen molar-refractivity contribution in [1.82, 2.24) is 0 Å². The monoisotopic (exact) mass is 205 g/mol. The zero-order valence-electron chi connectivity index (χ0n) is 8.44. The first-order chi connectivity index (χ1) is 6.86. The second-order valence-electron chi connectivity index (χ2n) is 3.19. The van der Waals surface area contributed by atoms with Crippen molar-refractivity contribution in [2.45, 2.75) is 30.8 Å². The van der Waals surface area contributed by atoms with Crippen LogP contribution in [-0.2, 0) is 5.75 Å². The molecule has 0 heterocycles. The zero-order valence-corrected chi connectivity index (χ0v) is 9.26. The van der Waals surface area contributed by atoms with Gasteiger partial charge in [-0.05, 0) is 12.0 Å². The molecule has 0 bridgehead atoms. The molecule has 1 rings (SSSR count). The molecule has 1 aromatic carbocycles. The predicted octanol–water partition coefficient (Wildman–Crippen LogP) is 3.61. The van der Waals surface area contributed by atoms with Crippen molar-refractivity contribution in [1.29, 1.82) is 5.26 Å². The van der Waals surface area contributed by atoms with Crippen LogP contribution < -0.4 is 0 Å². The molecule has 0 fully saturated rings. The van der Waals surface area contributed by atoms with E-state index in [1.165, 1.54) is 5.56 Å². The largest absolute Gasteiger partial charge is 0.198 e. The number of benzene rings is 1. The van der Waals surface area contributed by atoms with E-state index in [2.05, 4.69) is 37.3 Å². The summed E-state index contributed by atoms with van der Waals surface area (Å²) in [5, 5.41) is 9.09. The summed E-state index contributed by atoms with van der Waals surface area (Å²) in [6, 6.07) is 12.6. The molecule has 0 spiro atoms. The van der Waals surface area contributed by atoms with Crippen LogP contribution in [0.4, 0.5) is 0 Å². The average Bonchev–Trinajstić information content (AvgIpc) is 2.25. The van der Waals surface area contributed by atoms with Crippen LogP contribution in [0.2, 0.25) is 0 Å². The van der Waals surface area contributed by atoms with Gasteiger partial charge in [0.05, 0.1) is 6.07 Å². The lowest BCUT2D eigenvalue weighted by molar-refractivity contribution is 0.842. The Bertz CT molecular complexity index is 289. The number of nitriles is 1. The molecule has 0 aliphatic carbocycles. The second-order valence-corrected chi connectivity index (χ2v) is 4.48. The molecule has 1 unspecified atom stereocenters. The Morgan fingerprint density at radius 3 is 2.64 bits per heavy atom. The van der Waals surface area contributed by atoms with Crippen molar-refractivity contribution >= 4 is 11.8 Å². The van der Waals surface area contributed by atoms with Crippen molar-refractivity contribution in [3.8, 4) is 6.07 Å². The highest BCUT2D eigenvalue weighted by atomic mass is 32.2. The Labute approximate surface area is 90.1 Å². The summed E-state index contributed by atoms with van der Waals surface area (Å²) >= 11 is 1.88. The van der Waals surface area contributed by atoms with Gasteiger partial charge in [-0.15, -0.1) is 0 Å². The maximum atomic E-state index is 8.60. The van der Waals surface area contributed by atoms with Gasteiger partial charge in [0.15, 0.2) is 0 Å². The van der Waals surface area contributed by atoms with Crippen LogP contribution in [0.3, 0.4) is 0 Å². The summed E-state index contributed by atoms with van der Waals surface area (Å²) in [7, 11) is 0. The molecule has 0 saturated heterocycles. The van der Waals surface area contributed by atoms with Crippen LogP contribution >= 0.6 is 11.8 Å². The van der Waals surface area contributed by atoms with E-state index in [1.807, 2.05) is 17.8 Å². The lowest BCUT2D eigenvalue weighted by atomic mass is 10.2. The van der Waals surface area contributed by atoms with Gasteiger partial charge in [0.2, 0.25) is 0 Å². The molecule has 0 aromatic heterocycles. The smallest absolute Gasteiger partial charge is 0.0633 e. The third-order valence-electron chi connectivity index (χ3n) is 2.10. The molecule has 0 aliphatic heterocycles. The van der Waals surface area contributed by atoms with Crippen LogP contribution in [0.25, 0.3) is 0 Å². The van der Waals surface area contributed by atoms with Gasteiger partial charge in [-0.1, -0.05) is 37.3 Å². The van der Waals surface area contributed by atoms with Crippen molar-refractivity contribution < 1.29 is 0 Å². The predicted molar refractivity (Wildman–Crippen MR) is 62.0 cm³/mol. The number of hydrogen-bond donors (Lipinski definition) is 0. The van der Waals surface area contributed by atoms with Gasteiger partial charge in [0.25, 0.3) is 0 Å². The third-order valence-corrected chi connectivity index (χ3v) is 3.57. The molecule has 1 aromatic rings. The maximum Gasteiger partial charge on any atom is 0.0633 e. The Balaban J connectivity index is 2.36. The van der Waals surface area contributed by atoms with Gasteiger partial charge in [-0.3, -0.25) is 0 Å². The molecule has 14 heavy (non-hydrogen) atoms. The van der Waals surface area contributed by atoms with E-state index in [1.54, 1.807) is 0 Å². The summed E-state index contributed by atoms with van der Waals surface area (Å²) in [5.41, 5.74) is 1.34. The SMILES string of the molecule is CCC(CC#N)SCc1ccccc1. The van der Waals surface area contributed by atoms with Crippen molar-refractivity contribution in [2.75, 3.05) is 0 Å². The normalized spacial score (nSPS) is 12.0. The molecule has 0 amide bonds. The van der Waals surface area contributed by atoms with Crippen molar-refractivity contribution in [2.24, 2.45) is 0 Å². The van der Waals surface area contributed by atoms with E-state index in [9.17, 15) is 0 Å². The van der Waals surface area contributed by atoms with Crippen LogP contribution in [0.1, 0.15) is 25.3 Å². The van der Waals surface area contributed by atoms with E-state index in [0.717, 1.165) is 12.2 Å². The standard InChI is InChI=1S/C12H15NS/c1-2-12(8-9-13)14-10-11-6-4-3-5-7-11/h3-7,12H,2,8,10H2,1H3. The minimum atomic E-state index is 0.486. The maximum absolute atomic E-state index is 8.60. The summed E-state index contributed by atoms with van der Waals surface area (Å²) in [4.78, 5) is 0. The van der Waals surface area contributed by atoms with Crippen molar-refractivity contribution in [3.63, 3.8) is 0 Å². The Kier molecular flexibility index (Phi) is 5.17. The first kappa shape index (κ1) is 11.1. The number of nitrogens with zero attached hydrogens (tertiary/aromatic N) is 1. The van der Waals surface area contributed by atoms with Crippen molar-refractivity contribution in [3.05, 3.63) is 35.9 Å². The fraction of sp³-hybridized carbons (Fsp3) is 0.417. The van der Waals surface area contributed by atoms with E-state index in [-0.39, 0.29) is 0 Å². The minimum Gasteiger partial charge on any atom is -0.198 e. The molecule has 0 saturated carbocycles. The zero-order chi connectivity index (χ0) is 10.2. The van der Waals surface area contributed by atoms with E-state index in [0.29, 0.717) is 11.7 Å². The Morgan fingerprint density at radius 2 is 2.07 bits per heavy atom. The minimum absolute atomic E-state index is 0.486. The van der Waals surface area contributed by atoms with Gasteiger partial charge in [-0.25, -0.2) is 0 Å². The first-order valence-corrected chi connectivity index (χ1v) is 5.94. The topological polar surface area (TPSA) is 23.8 Å². The van der Waals surface area contributed by atoms with Gasteiger partial charge in [0.1, 0.15) is 0 Å². The van der Waals surface area contributed by atoms with E-state index >= 15 is 0 Å². The first-order valence-electron chi connectivity index (χ1n) is 4.89. The summed E-state index contributed by atoms with van der Waals surface area (Å²) in [5.74, 6) is 1.01. The van der Waals surface area contributed by atoms with E-state index < -0.39 is 0 Å². The molecule has 1 nitrogen and oxygen atoms in total. The highest BCUT2D eigenvalue weighted by Crippen LogP contribution is 2.22. The quantitative estimate of drug-likeness (QED) is 0.733. The highest BCUT2D eigenvalue weighted by molar-refractivity contribution is 7.99. The average molecular weight is 205 g/mol. The number of hydrogen-bond acceptors (Lipinski definition) is 2. The summed E-state index contributed by atoms with van der Waals surface area (Å²) in [6.07, 6.45) is 1.74. The van der Waals surface area contributed by atoms with Gasteiger partial charge in [-0.2, -0.15) is 17.0 Å². The number of thioether (sulfide) groups is 1. The molecular weight excluding hydrogens is 190 g/mol. The van der Waals surface area contributed by atoms with Gasteiger partial charge < -0.3 is 0 Å². The molecule has 0 aliphatic rings. The van der Waals surface area contributed by atoms with Crippen LogP contribution in [-0.4, -0.2) is 5.25 Å². The molecule has 74 valence electrons. The summed E-state index contributed by atoms with van der Waals surface area (Å²) in [6.45, 7) is 2.14. The van der Waals surface area contributed by atoms with Crippen LogP contribution in [0.5, 0.6) is 0 Å². The van der Waals surface area contributed by atoms with Crippen LogP contribution in [0.15, 0.2) is 30.3 Å². The Hall–Kier alpha value is -0.940.